The minimum atomic E-state index is -0.656. The Balaban J connectivity index is 2.31. The summed E-state index contributed by atoms with van der Waals surface area (Å²) in [5, 5.41) is 2.59. The first-order valence-corrected chi connectivity index (χ1v) is 8.84. The van der Waals surface area contributed by atoms with Crippen LogP contribution in [0, 0.1) is 0 Å². The maximum Gasteiger partial charge on any atom is 0.494 e. The second-order valence-electron chi connectivity index (χ2n) is 8.51. The van der Waals surface area contributed by atoms with Crippen LogP contribution in [0.25, 0.3) is 0 Å². The SMILES string of the molecule is COC(=O)c1cc(B2OC(C)(C)C(C)(C)O2)ccc1NC(=O)OC(C)(C)C. The average molecular weight is 377 g/mol. The highest BCUT2D eigenvalue weighted by atomic mass is 16.7. The van der Waals surface area contributed by atoms with E-state index in [-0.39, 0.29) is 11.3 Å². The van der Waals surface area contributed by atoms with Gasteiger partial charge in [-0.05, 0) is 66.1 Å². The van der Waals surface area contributed by atoms with Crippen molar-refractivity contribution < 1.29 is 28.4 Å². The third kappa shape index (κ3) is 4.81. The molecule has 0 bridgehead atoms. The second-order valence-corrected chi connectivity index (χ2v) is 8.51. The molecule has 7 nitrogen and oxygen atoms in total. The standard InChI is InChI=1S/C19H28BNO6/c1-17(2,3)25-16(23)21-14-10-9-12(11-13(14)15(22)24-8)20-26-18(4,5)19(6,7)27-20/h9-11H,1-8H3,(H,21,23). The van der Waals surface area contributed by atoms with Gasteiger partial charge in [-0.2, -0.15) is 0 Å². The number of hydrogen-bond acceptors (Lipinski definition) is 6. The number of hydrogen-bond donors (Lipinski definition) is 1. The van der Waals surface area contributed by atoms with E-state index < -0.39 is 36.0 Å². The minimum absolute atomic E-state index is 0.190. The number of amides is 1. The second kappa shape index (κ2) is 7.17. The van der Waals surface area contributed by atoms with Crippen LogP contribution in [0.5, 0.6) is 0 Å². The minimum Gasteiger partial charge on any atom is -0.465 e. The third-order valence-corrected chi connectivity index (χ3v) is 4.61. The smallest absolute Gasteiger partial charge is 0.465 e. The summed E-state index contributed by atoms with van der Waals surface area (Å²) in [7, 11) is 0.648. The fraction of sp³-hybridized carbons (Fsp3) is 0.579. The average Bonchev–Trinajstić information content (AvgIpc) is 2.73. The van der Waals surface area contributed by atoms with Gasteiger partial charge in [-0.25, -0.2) is 9.59 Å². The molecule has 1 amide bonds. The van der Waals surface area contributed by atoms with Gasteiger partial charge in [0.2, 0.25) is 0 Å². The molecule has 0 spiro atoms. The molecule has 1 aliphatic rings. The predicted molar refractivity (Wildman–Crippen MR) is 103 cm³/mol. The fourth-order valence-electron chi connectivity index (χ4n) is 2.49. The van der Waals surface area contributed by atoms with Gasteiger partial charge in [0.15, 0.2) is 0 Å². The molecule has 1 aromatic carbocycles. The van der Waals surface area contributed by atoms with Crippen LogP contribution in [-0.2, 0) is 18.8 Å². The number of nitrogens with one attached hydrogen (secondary N) is 1. The van der Waals surface area contributed by atoms with Crippen LogP contribution in [-0.4, -0.2) is 43.1 Å². The van der Waals surface area contributed by atoms with E-state index in [1.165, 1.54) is 7.11 Å². The molecule has 0 unspecified atom stereocenters. The van der Waals surface area contributed by atoms with E-state index in [0.717, 1.165) is 0 Å². The van der Waals surface area contributed by atoms with E-state index in [4.69, 9.17) is 18.8 Å². The zero-order valence-electron chi connectivity index (χ0n) is 17.3. The Morgan fingerprint density at radius 1 is 1.07 bits per heavy atom. The maximum absolute atomic E-state index is 12.2. The van der Waals surface area contributed by atoms with Crippen LogP contribution in [0.4, 0.5) is 10.5 Å². The molecule has 1 fully saturated rings. The highest BCUT2D eigenvalue weighted by molar-refractivity contribution is 6.62. The Morgan fingerprint density at radius 2 is 1.63 bits per heavy atom. The molecule has 8 heteroatoms. The monoisotopic (exact) mass is 377 g/mol. The van der Waals surface area contributed by atoms with Gasteiger partial charge in [-0.3, -0.25) is 5.32 Å². The van der Waals surface area contributed by atoms with Crippen LogP contribution >= 0.6 is 0 Å². The molecule has 1 N–H and O–H groups in total. The van der Waals surface area contributed by atoms with Crippen LogP contribution < -0.4 is 10.8 Å². The molecule has 0 atom stereocenters. The summed E-state index contributed by atoms with van der Waals surface area (Å²) in [5.41, 5.74) is -0.527. The summed E-state index contributed by atoms with van der Waals surface area (Å²) >= 11 is 0. The predicted octanol–water partition coefficient (Wildman–Crippen LogP) is 3.12. The summed E-state index contributed by atoms with van der Waals surface area (Å²) in [4.78, 5) is 24.3. The van der Waals surface area contributed by atoms with Gasteiger partial charge in [0.25, 0.3) is 0 Å². The Morgan fingerprint density at radius 3 is 2.11 bits per heavy atom. The van der Waals surface area contributed by atoms with Gasteiger partial charge >= 0.3 is 19.2 Å². The van der Waals surface area contributed by atoms with Crippen molar-refractivity contribution in [2.75, 3.05) is 12.4 Å². The summed E-state index contributed by atoms with van der Waals surface area (Å²) < 4.78 is 22.1. The number of anilines is 1. The number of benzene rings is 1. The van der Waals surface area contributed by atoms with E-state index in [1.807, 2.05) is 27.7 Å². The largest absolute Gasteiger partial charge is 0.494 e. The maximum atomic E-state index is 12.2. The van der Waals surface area contributed by atoms with Crippen LogP contribution in [0.3, 0.4) is 0 Å². The zero-order chi connectivity index (χ0) is 20.6. The third-order valence-electron chi connectivity index (χ3n) is 4.61. The Labute approximate surface area is 160 Å². The van der Waals surface area contributed by atoms with Gasteiger partial charge in [0.05, 0.1) is 29.6 Å². The highest BCUT2D eigenvalue weighted by Gasteiger charge is 2.51. The normalized spacial score (nSPS) is 18.1. The number of carbonyl (C=O) groups is 2. The summed E-state index contributed by atoms with van der Waals surface area (Å²) in [6.45, 7) is 13.1. The summed E-state index contributed by atoms with van der Waals surface area (Å²) in [5.74, 6) is -0.584. The van der Waals surface area contributed by atoms with E-state index in [9.17, 15) is 9.59 Å². The van der Waals surface area contributed by atoms with Crippen LogP contribution in [0.2, 0.25) is 0 Å². The van der Waals surface area contributed by atoms with Gasteiger partial charge < -0.3 is 18.8 Å². The molecule has 2 rings (SSSR count). The first-order valence-electron chi connectivity index (χ1n) is 8.84. The topological polar surface area (TPSA) is 83.1 Å². The van der Waals surface area contributed by atoms with Crippen molar-refractivity contribution in [3.05, 3.63) is 23.8 Å². The van der Waals surface area contributed by atoms with Crippen molar-refractivity contribution in [3.63, 3.8) is 0 Å². The van der Waals surface area contributed by atoms with Crippen LogP contribution in [0.15, 0.2) is 18.2 Å². The number of ether oxygens (including phenoxy) is 2. The van der Waals surface area contributed by atoms with Gasteiger partial charge in [0.1, 0.15) is 5.60 Å². The lowest BCUT2D eigenvalue weighted by Crippen LogP contribution is -2.41. The molecule has 148 valence electrons. The lowest BCUT2D eigenvalue weighted by atomic mass is 9.78. The highest BCUT2D eigenvalue weighted by Crippen LogP contribution is 2.36. The van der Waals surface area contributed by atoms with Gasteiger partial charge in [0, 0.05) is 0 Å². The lowest BCUT2D eigenvalue weighted by Gasteiger charge is -2.32. The Hall–Kier alpha value is -2.06. The number of methoxy groups -OCH3 is 1. The van der Waals surface area contributed by atoms with E-state index in [2.05, 4.69) is 5.32 Å². The summed E-state index contributed by atoms with van der Waals surface area (Å²) in [6.07, 6.45) is -0.656. The zero-order valence-corrected chi connectivity index (χ0v) is 17.3. The molecule has 27 heavy (non-hydrogen) atoms. The van der Waals surface area contributed by atoms with Crippen molar-refractivity contribution in [1.29, 1.82) is 0 Å². The number of esters is 1. The molecular weight excluding hydrogens is 349 g/mol. The molecule has 0 radical (unpaired) electrons. The number of carbonyl (C=O) groups excluding carboxylic acids is 2. The van der Waals surface area contributed by atoms with Crippen LogP contribution in [0.1, 0.15) is 58.8 Å². The Bertz CT molecular complexity index is 722. The molecule has 0 aliphatic carbocycles. The fourth-order valence-corrected chi connectivity index (χ4v) is 2.49. The quantitative estimate of drug-likeness (QED) is 0.644. The summed E-state index contributed by atoms with van der Waals surface area (Å²) in [6, 6.07) is 4.94. The van der Waals surface area contributed by atoms with Crippen molar-refractivity contribution in [1.82, 2.24) is 0 Å². The van der Waals surface area contributed by atoms with Crippen molar-refractivity contribution in [3.8, 4) is 0 Å². The number of rotatable bonds is 3. The van der Waals surface area contributed by atoms with E-state index in [0.29, 0.717) is 5.46 Å². The molecular formula is C19H28BNO6. The molecule has 0 saturated carbocycles. The van der Waals surface area contributed by atoms with Gasteiger partial charge in [-0.15, -0.1) is 0 Å². The molecule has 1 saturated heterocycles. The van der Waals surface area contributed by atoms with Gasteiger partial charge in [-0.1, -0.05) is 6.07 Å². The Kier molecular flexibility index (Phi) is 5.64. The molecule has 1 aromatic rings. The first kappa shape index (κ1) is 21.2. The molecule has 1 heterocycles. The van der Waals surface area contributed by atoms with Crippen molar-refractivity contribution in [2.24, 2.45) is 0 Å². The van der Waals surface area contributed by atoms with Crippen molar-refractivity contribution in [2.45, 2.75) is 65.3 Å². The van der Waals surface area contributed by atoms with E-state index in [1.54, 1.807) is 39.0 Å². The molecule has 1 aliphatic heterocycles. The van der Waals surface area contributed by atoms with Crippen molar-refractivity contribution >= 4 is 30.3 Å². The lowest BCUT2D eigenvalue weighted by molar-refractivity contribution is 0.00578. The first-order chi connectivity index (χ1) is 12.3. The molecule has 0 aromatic heterocycles. The van der Waals surface area contributed by atoms with E-state index >= 15 is 0 Å².